The maximum atomic E-state index is 5.84. The SMILES string of the molecule is CC(Br)CC(C)(C)Cc1cccnc1N. The summed E-state index contributed by atoms with van der Waals surface area (Å²) >= 11 is 3.60. The van der Waals surface area contributed by atoms with Gasteiger partial charge in [-0.3, -0.25) is 0 Å². The molecule has 1 rings (SSSR count). The van der Waals surface area contributed by atoms with Crippen LogP contribution >= 0.6 is 15.9 Å². The third kappa shape index (κ3) is 4.20. The highest BCUT2D eigenvalue weighted by Crippen LogP contribution is 2.30. The fourth-order valence-corrected chi connectivity index (χ4v) is 2.83. The monoisotopic (exact) mass is 270 g/mol. The average Bonchev–Trinajstić information content (AvgIpc) is 2.06. The van der Waals surface area contributed by atoms with Crippen molar-refractivity contribution < 1.29 is 0 Å². The molecule has 2 N–H and O–H groups in total. The van der Waals surface area contributed by atoms with E-state index in [-0.39, 0.29) is 5.41 Å². The number of halogens is 1. The number of nitrogens with zero attached hydrogens (tertiary/aromatic N) is 1. The summed E-state index contributed by atoms with van der Waals surface area (Å²) in [5.74, 6) is 0.660. The van der Waals surface area contributed by atoms with E-state index in [1.165, 1.54) is 0 Å². The van der Waals surface area contributed by atoms with Crippen molar-refractivity contribution in [2.45, 2.75) is 38.4 Å². The van der Waals surface area contributed by atoms with Crippen molar-refractivity contribution in [3.05, 3.63) is 23.9 Å². The molecule has 0 aromatic carbocycles. The molecule has 1 atom stereocenters. The Balaban J connectivity index is 2.73. The molecule has 2 nitrogen and oxygen atoms in total. The Labute approximate surface area is 100 Å². The lowest BCUT2D eigenvalue weighted by atomic mass is 9.82. The van der Waals surface area contributed by atoms with E-state index < -0.39 is 0 Å². The number of rotatable bonds is 4. The predicted octanol–water partition coefficient (Wildman–Crippen LogP) is 3.41. The van der Waals surface area contributed by atoms with E-state index in [9.17, 15) is 0 Å². The van der Waals surface area contributed by atoms with Gasteiger partial charge in [0.1, 0.15) is 5.82 Å². The van der Waals surface area contributed by atoms with E-state index in [1.807, 2.05) is 6.07 Å². The Kier molecular flexibility index (Phi) is 4.14. The van der Waals surface area contributed by atoms with Gasteiger partial charge in [0.25, 0.3) is 0 Å². The summed E-state index contributed by atoms with van der Waals surface area (Å²) in [4.78, 5) is 4.64. The standard InChI is InChI=1S/C12H19BrN2/c1-9(13)7-12(2,3)8-10-5-4-6-15-11(10)14/h4-6,9H,7-8H2,1-3H3,(H2,14,15). The Morgan fingerprint density at radius 1 is 1.53 bits per heavy atom. The highest BCUT2D eigenvalue weighted by atomic mass is 79.9. The normalized spacial score (nSPS) is 13.9. The lowest BCUT2D eigenvalue weighted by Crippen LogP contribution is -2.19. The largest absolute Gasteiger partial charge is 0.383 e. The quantitative estimate of drug-likeness (QED) is 0.852. The molecule has 0 saturated heterocycles. The molecule has 0 bridgehead atoms. The number of nitrogen functional groups attached to an aromatic ring is 1. The molecule has 0 spiro atoms. The van der Waals surface area contributed by atoms with Crippen LogP contribution in [0.5, 0.6) is 0 Å². The van der Waals surface area contributed by atoms with Crippen LogP contribution in [0.15, 0.2) is 18.3 Å². The number of alkyl halides is 1. The third-order valence-electron chi connectivity index (χ3n) is 2.43. The summed E-state index contributed by atoms with van der Waals surface area (Å²) in [7, 11) is 0. The molecule has 1 unspecified atom stereocenters. The van der Waals surface area contributed by atoms with Crippen LogP contribution in [0, 0.1) is 5.41 Å². The van der Waals surface area contributed by atoms with E-state index >= 15 is 0 Å². The van der Waals surface area contributed by atoms with E-state index in [0.29, 0.717) is 10.6 Å². The minimum Gasteiger partial charge on any atom is -0.383 e. The van der Waals surface area contributed by atoms with Crippen molar-refractivity contribution in [1.82, 2.24) is 4.98 Å². The van der Waals surface area contributed by atoms with Gasteiger partial charge in [0.05, 0.1) is 0 Å². The van der Waals surface area contributed by atoms with E-state index in [4.69, 9.17) is 5.73 Å². The molecular weight excluding hydrogens is 252 g/mol. The molecule has 1 heterocycles. The van der Waals surface area contributed by atoms with E-state index in [1.54, 1.807) is 6.20 Å². The Morgan fingerprint density at radius 3 is 2.73 bits per heavy atom. The summed E-state index contributed by atoms with van der Waals surface area (Å²) in [6.07, 6.45) is 3.84. The smallest absolute Gasteiger partial charge is 0.126 e. The number of nitrogens with two attached hydrogens (primary N) is 1. The van der Waals surface area contributed by atoms with Crippen LogP contribution in [-0.2, 0) is 6.42 Å². The first kappa shape index (κ1) is 12.5. The molecule has 84 valence electrons. The molecule has 1 aromatic rings. The zero-order chi connectivity index (χ0) is 11.5. The maximum absolute atomic E-state index is 5.84. The van der Waals surface area contributed by atoms with Gasteiger partial charge in [0.2, 0.25) is 0 Å². The fourth-order valence-electron chi connectivity index (χ4n) is 1.95. The van der Waals surface area contributed by atoms with Gasteiger partial charge >= 0.3 is 0 Å². The average molecular weight is 271 g/mol. The van der Waals surface area contributed by atoms with Crippen molar-refractivity contribution in [1.29, 1.82) is 0 Å². The molecule has 0 fully saturated rings. The van der Waals surface area contributed by atoms with Gasteiger partial charge in [-0.05, 0) is 29.9 Å². The van der Waals surface area contributed by atoms with Crippen LogP contribution in [0.3, 0.4) is 0 Å². The predicted molar refractivity (Wildman–Crippen MR) is 69.1 cm³/mol. The first-order valence-electron chi connectivity index (χ1n) is 5.24. The fraction of sp³-hybridized carbons (Fsp3) is 0.583. The maximum Gasteiger partial charge on any atom is 0.126 e. The van der Waals surface area contributed by atoms with Crippen LogP contribution in [0.25, 0.3) is 0 Å². The molecule has 0 aliphatic heterocycles. The first-order valence-corrected chi connectivity index (χ1v) is 6.16. The summed E-state index contributed by atoms with van der Waals surface area (Å²) in [6, 6.07) is 4.00. The highest BCUT2D eigenvalue weighted by molar-refractivity contribution is 9.09. The van der Waals surface area contributed by atoms with Gasteiger partial charge in [-0.25, -0.2) is 4.98 Å². The number of hydrogen-bond acceptors (Lipinski definition) is 2. The number of anilines is 1. The minimum atomic E-state index is 0.250. The second-order valence-corrected chi connectivity index (χ2v) is 6.44. The van der Waals surface area contributed by atoms with Gasteiger partial charge in [-0.2, -0.15) is 0 Å². The molecule has 0 aliphatic rings. The summed E-state index contributed by atoms with van der Waals surface area (Å²) in [5.41, 5.74) is 7.23. The zero-order valence-corrected chi connectivity index (χ0v) is 11.2. The minimum absolute atomic E-state index is 0.250. The molecule has 0 radical (unpaired) electrons. The molecule has 0 aliphatic carbocycles. The Hall–Kier alpha value is -0.570. The van der Waals surface area contributed by atoms with Gasteiger partial charge in [0.15, 0.2) is 0 Å². The summed E-state index contributed by atoms with van der Waals surface area (Å²) < 4.78 is 0. The second kappa shape index (κ2) is 4.97. The van der Waals surface area contributed by atoms with Crippen LogP contribution in [0.2, 0.25) is 0 Å². The van der Waals surface area contributed by atoms with Gasteiger partial charge < -0.3 is 5.73 Å². The zero-order valence-electron chi connectivity index (χ0n) is 9.63. The molecule has 1 aromatic heterocycles. The van der Waals surface area contributed by atoms with Gasteiger partial charge in [-0.1, -0.05) is 42.8 Å². The molecule has 3 heteroatoms. The first-order chi connectivity index (χ1) is 6.91. The third-order valence-corrected chi connectivity index (χ3v) is 2.75. The van der Waals surface area contributed by atoms with Crippen molar-refractivity contribution in [2.75, 3.05) is 5.73 Å². The Morgan fingerprint density at radius 2 is 2.20 bits per heavy atom. The van der Waals surface area contributed by atoms with Crippen LogP contribution in [0.1, 0.15) is 32.8 Å². The van der Waals surface area contributed by atoms with Crippen molar-refractivity contribution >= 4 is 21.7 Å². The lowest BCUT2D eigenvalue weighted by molar-refractivity contribution is 0.335. The number of hydrogen-bond donors (Lipinski definition) is 1. The van der Waals surface area contributed by atoms with Crippen molar-refractivity contribution in [2.24, 2.45) is 5.41 Å². The summed E-state index contributed by atoms with van der Waals surface area (Å²) in [6.45, 7) is 6.70. The summed E-state index contributed by atoms with van der Waals surface area (Å²) in [5, 5.41) is 0. The van der Waals surface area contributed by atoms with E-state index in [0.717, 1.165) is 18.4 Å². The Bertz CT molecular complexity index is 321. The van der Waals surface area contributed by atoms with Gasteiger partial charge in [-0.15, -0.1) is 0 Å². The molecule has 15 heavy (non-hydrogen) atoms. The molecular formula is C12H19BrN2. The van der Waals surface area contributed by atoms with Crippen LogP contribution in [0.4, 0.5) is 5.82 Å². The van der Waals surface area contributed by atoms with Crippen molar-refractivity contribution in [3.63, 3.8) is 0 Å². The van der Waals surface area contributed by atoms with Crippen molar-refractivity contribution in [3.8, 4) is 0 Å². The topological polar surface area (TPSA) is 38.9 Å². The van der Waals surface area contributed by atoms with Gasteiger partial charge in [0, 0.05) is 11.0 Å². The van der Waals surface area contributed by atoms with Crippen LogP contribution < -0.4 is 5.73 Å². The van der Waals surface area contributed by atoms with Crippen LogP contribution in [-0.4, -0.2) is 9.81 Å². The lowest BCUT2D eigenvalue weighted by Gasteiger charge is -2.26. The molecule has 0 amide bonds. The number of pyridine rings is 1. The van der Waals surface area contributed by atoms with E-state index in [2.05, 4.69) is 47.8 Å². The molecule has 0 saturated carbocycles. The second-order valence-electron chi connectivity index (χ2n) is 4.87. The highest BCUT2D eigenvalue weighted by Gasteiger charge is 2.21. The number of aromatic nitrogens is 1.